The number of morpholine rings is 1. The minimum Gasteiger partial charge on any atom is -0.507 e. The van der Waals surface area contributed by atoms with Gasteiger partial charge >= 0.3 is 0 Å². The molecule has 1 N–H and O–H groups in total. The van der Waals surface area contributed by atoms with Crippen molar-refractivity contribution in [2.24, 2.45) is 0 Å². The average Bonchev–Trinajstić information content (AvgIpc) is 2.86. The predicted molar refractivity (Wildman–Crippen MR) is 93.2 cm³/mol. The fraction of sp³-hybridized carbons (Fsp3) is 0.312. The van der Waals surface area contributed by atoms with E-state index < -0.39 is 11.1 Å². The molecule has 0 radical (unpaired) electrons. The lowest BCUT2D eigenvalue weighted by Crippen LogP contribution is -2.46. The molecule has 1 aromatic rings. The number of hydrogen-bond acceptors (Lipinski definition) is 6. The van der Waals surface area contributed by atoms with Crippen molar-refractivity contribution in [1.82, 2.24) is 9.80 Å². The molecule has 132 valence electrons. The molecule has 0 unspecified atom stereocenters. The van der Waals surface area contributed by atoms with E-state index in [0.717, 1.165) is 16.7 Å². The monoisotopic (exact) mass is 382 g/mol. The lowest BCUT2D eigenvalue weighted by atomic mass is 10.2. The summed E-state index contributed by atoms with van der Waals surface area (Å²) < 4.78 is 5.18. The number of nitrogens with zero attached hydrogens (tertiary/aromatic N) is 2. The van der Waals surface area contributed by atoms with E-state index in [2.05, 4.69) is 0 Å². The molecule has 2 heterocycles. The van der Waals surface area contributed by atoms with Crippen molar-refractivity contribution in [2.75, 3.05) is 32.8 Å². The Morgan fingerprint density at radius 2 is 2.04 bits per heavy atom. The van der Waals surface area contributed by atoms with Crippen molar-refractivity contribution >= 4 is 46.5 Å². The number of halogens is 1. The van der Waals surface area contributed by atoms with E-state index >= 15 is 0 Å². The van der Waals surface area contributed by atoms with E-state index in [-0.39, 0.29) is 23.1 Å². The van der Waals surface area contributed by atoms with E-state index in [1.807, 2.05) is 0 Å². The van der Waals surface area contributed by atoms with Gasteiger partial charge < -0.3 is 14.7 Å². The highest BCUT2D eigenvalue weighted by molar-refractivity contribution is 8.18. The van der Waals surface area contributed by atoms with Gasteiger partial charge in [0.25, 0.3) is 11.1 Å². The molecule has 25 heavy (non-hydrogen) atoms. The van der Waals surface area contributed by atoms with Crippen molar-refractivity contribution < 1.29 is 24.2 Å². The predicted octanol–water partition coefficient (Wildman–Crippen LogP) is 1.94. The number of carbonyl (C=O) groups excluding carboxylic acids is 3. The second-order valence-corrected chi connectivity index (χ2v) is 6.89. The third-order valence-electron chi connectivity index (χ3n) is 3.81. The van der Waals surface area contributed by atoms with Crippen molar-refractivity contribution in [3.63, 3.8) is 0 Å². The number of hydrogen-bond donors (Lipinski definition) is 1. The first-order valence-corrected chi connectivity index (χ1v) is 8.74. The van der Waals surface area contributed by atoms with E-state index in [9.17, 15) is 19.5 Å². The molecule has 2 fully saturated rings. The zero-order valence-electron chi connectivity index (χ0n) is 13.1. The highest BCUT2D eigenvalue weighted by atomic mass is 35.5. The van der Waals surface area contributed by atoms with Crippen LogP contribution >= 0.6 is 23.4 Å². The number of benzene rings is 1. The molecule has 3 rings (SSSR count). The molecule has 0 aliphatic carbocycles. The Labute approximate surface area is 153 Å². The maximum absolute atomic E-state index is 12.4. The Balaban J connectivity index is 1.74. The number of carbonyl (C=O) groups is 3. The maximum atomic E-state index is 12.4. The van der Waals surface area contributed by atoms with Crippen LogP contribution in [0, 0.1) is 0 Å². The summed E-state index contributed by atoms with van der Waals surface area (Å²) in [6, 6.07) is 4.41. The molecule has 2 aliphatic heterocycles. The minimum absolute atomic E-state index is 0.0550. The second kappa shape index (κ2) is 7.47. The summed E-state index contributed by atoms with van der Waals surface area (Å²) in [4.78, 5) is 39.4. The molecule has 0 atom stereocenters. The summed E-state index contributed by atoms with van der Waals surface area (Å²) in [5.74, 6) is -0.908. The molecule has 9 heteroatoms. The van der Waals surface area contributed by atoms with Crippen LogP contribution in [0.3, 0.4) is 0 Å². The highest BCUT2D eigenvalue weighted by Gasteiger charge is 2.37. The molecule has 0 spiro atoms. The highest BCUT2D eigenvalue weighted by Crippen LogP contribution is 2.34. The number of phenolic OH excluding ortho intramolecular Hbond substituents is 1. The number of rotatable bonds is 3. The number of imide groups is 1. The number of ether oxygens (including phenoxy) is 1. The molecule has 2 saturated heterocycles. The fourth-order valence-corrected chi connectivity index (χ4v) is 3.48. The van der Waals surface area contributed by atoms with Gasteiger partial charge in [0.05, 0.1) is 18.1 Å². The summed E-state index contributed by atoms with van der Waals surface area (Å²) in [6.07, 6.45) is 1.39. The molecule has 0 aromatic heterocycles. The lowest BCUT2D eigenvalue weighted by Gasteiger charge is -2.28. The van der Waals surface area contributed by atoms with E-state index in [1.54, 1.807) is 4.90 Å². The molecule has 0 bridgehead atoms. The quantitative estimate of drug-likeness (QED) is 0.804. The van der Waals surface area contributed by atoms with Crippen LogP contribution in [0.1, 0.15) is 5.56 Å². The standard InChI is InChI=1S/C16H15ClN2O5S/c17-11-1-2-12(20)10(7-11)8-13-15(22)19(16(23)25-13)9-14(21)18-3-5-24-6-4-18/h1-2,7-8,20H,3-6,9H2/b13-8-. The average molecular weight is 383 g/mol. The summed E-state index contributed by atoms with van der Waals surface area (Å²) in [5.41, 5.74) is 0.331. The first-order valence-electron chi connectivity index (χ1n) is 7.55. The first-order chi connectivity index (χ1) is 12.0. The van der Waals surface area contributed by atoms with Crippen LogP contribution in [0.5, 0.6) is 5.75 Å². The normalized spacial score (nSPS) is 19.8. The first kappa shape index (κ1) is 17.8. The third-order valence-corrected chi connectivity index (χ3v) is 4.95. The van der Waals surface area contributed by atoms with Crippen LogP contribution in [0.4, 0.5) is 4.79 Å². The smallest absolute Gasteiger partial charge is 0.294 e. The molecule has 7 nitrogen and oxygen atoms in total. The van der Waals surface area contributed by atoms with Gasteiger partial charge in [-0.3, -0.25) is 19.3 Å². The van der Waals surface area contributed by atoms with Crippen molar-refractivity contribution in [3.05, 3.63) is 33.7 Å². The van der Waals surface area contributed by atoms with Crippen LogP contribution in [0.15, 0.2) is 23.1 Å². The van der Waals surface area contributed by atoms with Crippen LogP contribution in [0.25, 0.3) is 6.08 Å². The molecular formula is C16H15ClN2O5S. The zero-order valence-corrected chi connectivity index (χ0v) is 14.7. The van der Waals surface area contributed by atoms with E-state index in [0.29, 0.717) is 36.9 Å². The van der Waals surface area contributed by atoms with Gasteiger partial charge in [-0.1, -0.05) is 11.6 Å². The summed E-state index contributed by atoms with van der Waals surface area (Å²) >= 11 is 6.61. The van der Waals surface area contributed by atoms with Crippen molar-refractivity contribution in [1.29, 1.82) is 0 Å². The van der Waals surface area contributed by atoms with Gasteiger partial charge in [-0.05, 0) is 36.0 Å². The van der Waals surface area contributed by atoms with Crippen LogP contribution < -0.4 is 0 Å². The number of thioether (sulfide) groups is 1. The van der Waals surface area contributed by atoms with E-state index in [1.165, 1.54) is 24.3 Å². The SMILES string of the molecule is O=C(CN1C(=O)S/C(=C\c2cc(Cl)ccc2O)C1=O)N1CCOCC1. The molecule has 0 saturated carbocycles. The van der Waals surface area contributed by atoms with Crippen LogP contribution in [0.2, 0.25) is 5.02 Å². The summed E-state index contributed by atoms with van der Waals surface area (Å²) in [6.45, 7) is 1.48. The molecule has 1 aromatic carbocycles. The zero-order chi connectivity index (χ0) is 18.0. The number of amides is 3. The van der Waals surface area contributed by atoms with Crippen LogP contribution in [-0.4, -0.2) is 64.8 Å². The Bertz CT molecular complexity index is 761. The summed E-state index contributed by atoms with van der Waals surface area (Å²) in [7, 11) is 0. The Hall–Kier alpha value is -2.03. The van der Waals surface area contributed by atoms with Gasteiger partial charge in [0.1, 0.15) is 12.3 Å². The Morgan fingerprint density at radius 3 is 2.76 bits per heavy atom. The Kier molecular flexibility index (Phi) is 5.31. The molecular weight excluding hydrogens is 368 g/mol. The lowest BCUT2D eigenvalue weighted by molar-refractivity contribution is -0.139. The van der Waals surface area contributed by atoms with Gasteiger partial charge in [0, 0.05) is 23.7 Å². The topological polar surface area (TPSA) is 87.2 Å². The second-order valence-electron chi connectivity index (χ2n) is 5.46. The Morgan fingerprint density at radius 1 is 1.32 bits per heavy atom. The number of aromatic hydroxyl groups is 1. The van der Waals surface area contributed by atoms with Gasteiger partial charge in [-0.2, -0.15) is 0 Å². The van der Waals surface area contributed by atoms with Gasteiger partial charge in [-0.25, -0.2) is 0 Å². The fourth-order valence-electron chi connectivity index (χ4n) is 2.47. The minimum atomic E-state index is -0.559. The molecule has 2 aliphatic rings. The summed E-state index contributed by atoms with van der Waals surface area (Å²) in [5, 5.41) is 9.71. The van der Waals surface area contributed by atoms with Crippen molar-refractivity contribution in [3.8, 4) is 5.75 Å². The van der Waals surface area contributed by atoms with Crippen molar-refractivity contribution in [2.45, 2.75) is 0 Å². The number of phenols is 1. The van der Waals surface area contributed by atoms with Gasteiger partial charge in [-0.15, -0.1) is 0 Å². The third kappa shape index (κ3) is 3.97. The molecule has 3 amide bonds. The van der Waals surface area contributed by atoms with Crippen LogP contribution in [-0.2, 0) is 14.3 Å². The van der Waals surface area contributed by atoms with Gasteiger partial charge in [0.2, 0.25) is 5.91 Å². The maximum Gasteiger partial charge on any atom is 0.294 e. The van der Waals surface area contributed by atoms with Gasteiger partial charge in [0.15, 0.2) is 0 Å². The van der Waals surface area contributed by atoms with E-state index in [4.69, 9.17) is 16.3 Å². The largest absolute Gasteiger partial charge is 0.507 e.